The van der Waals surface area contributed by atoms with Gasteiger partial charge in [-0.3, -0.25) is 33.6 Å². The monoisotopic (exact) mass is 1570 g/mol. The first-order valence-electron chi connectivity index (χ1n) is 41.0. The minimum atomic E-state index is -0.953. The summed E-state index contributed by atoms with van der Waals surface area (Å²) in [6, 6.07) is 40.0. The number of hydroxylamine groups is 2. The first-order chi connectivity index (χ1) is 55.3. The lowest BCUT2D eigenvalue weighted by molar-refractivity contribution is -0.175. The standard InChI is InChI=1S/C46H60N6O4.C37H50N6O3.C9H11NO3/c1-10-50(11-2)34-22-24-38-41(29-34)56-42-30-35(51(12-3)13-4)23-25-39(42)46(38)37-20-15-14-19-36(37)45(55)52(46)28-18-27-48-44(54)40(49-43(53)32(7)8)21-16-17-26-47-33(9)31(5)6;1-5-41(6-2)26-17-19-30-33(24-26)46-34-25-27(42(7-3)8-4)18-20-31(34)37(30)29-15-10-9-14-28(29)36(45)43(37)23-13-22-40-35(44)32(39)16-11-12-21-38;1-6(2)7(3)13-10-8(11)4-5-9(10)12/h14-15,19-20,22-25,29-30,40,47H,5,7,9-13,16-18,21,26-28H2,1-4,6,8H3,(H,48,54)(H,49,53);9-10,14-15,17-20,24-25,32H,5-8,11-13,16,21-23,38-39H2,1-4H3,(H,40,44);1,3-5H2,2H3. The van der Waals surface area contributed by atoms with Gasteiger partial charge in [-0.15, -0.1) is 5.06 Å². The highest BCUT2D eigenvalue weighted by Crippen LogP contribution is 2.60. The summed E-state index contributed by atoms with van der Waals surface area (Å²) in [4.78, 5) is 108. The minimum absolute atomic E-state index is 0.0279. The number of ether oxygens (including phenoxy) is 2. The molecule has 2 atom stereocenters. The van der Waals surface area contributed by atoms with Gasteiger partial charge in [0.05, 0.1) is 6.04 Å². The minimum Gasteiger partial charge on any atom is -0.456 e. The number of nitrogens with one attached hydrogen (secondary N) is 4. The number of amides is 7. The molecule has 7 amide bonds. The van der Waals surface area contributed by atoms with Gasteiger partial charge in [-0.05, 0) is 186 Å². The smallest absolute Gasteiger partial charge is 0.263 e. The highest BCUT2D eigenvalue weighted by Gasteiger charge is 2.58. The van der Waals surface area contributed by atoms with Crippen molar-refractivity contribution in [3.8, 4) is 23.0 Å². The highest BCUT2D eigenvalue weighted by molar-refractivity contribution is 6.04. The molecule has 6 aromatic carbocycles. The van der Waals surface area contributed by atoms with Crippen LogP contribution in [0, 0.1) is 0 Å². The molecule has 8 N–H and O–H groups in total. The molecule has 0 saturated carbocycles. The second-order valence-corrected chi connectivity index (χ2v) is 29.6. The molecule has 23 nitrogen and oxygen atoms in total. The Morgan fingerprint density at radius 1 is 0.470 bits per heavy atom. The van der Waals surface area contributed by atoms with E-state index in [0.717, 1.165) is 167 Å². The van der Waals surface area contributed by atoms with Crippen LogP contribution in [0.4, 0.5) is 22.7 Å². The fourth-order valence-corrected chi connectivity index (χ4v) is 15.9. The maximum atomic E-state index is 14.6. The Labute approximate surface area is 680 Å². The number of nitrogens with zero attached hydrogens (tertiary/aromatic N) is 7. The molecule has 5 aliphatic rings. The molecule has 2 spiro atoms. The third-order valence-corrected chi connectivity index (χ3v) is 22.3. The van der Waals surface area contributed by atoms with E-state index in [0.29, 0.717) is 93.6 Å². The first kappa shape index (κ1) is 87.8. The average molecular weight is 1570 g/mol. The van der Waals surface area contributed by atoms with Crippen molar-refractivity contribution in [3.63, 3.8) is 0 Å². The number of rotatable bonds is 38. The van der Waals surface area contributed by atoms with Crippen molar-refractivity contribution in [2.45, 2.75) is 164 Å². The van der Waals surface area contributed by atoms with Crippen LogP contribution in [-0.2, 0) is 39.9 Å². The Balaban J connectivity index is 0.000000230. The summed E-state index contributed by atoms with van der Waals surface area (Å²) in [6.07, 6.45) is 5.72. The summed E-state index contributed by atoms with van der Waals surface area (Å²) >= 11 is 0. The molecule has 0 radical (unpaired) electrons. The van der Waals surface area contributed by atoms with E-state index < -0.39 is 23.2 Å². The predicted octanol–water partition coefficient (Wildman–Crippen LogP) is 14.0. The van der Waals surface area contributed by atoms with E-state index in [1.165, 1.54) is 0 Å². The van der Waals surface area contributed by atoms with E-state index in [-0.39, 0.29) is 60.0 Å². The number of imide groups is 1. The van der Waals surface area contributed by atoms with E-state index in [9.17, 15) is 33.6 Å². The first-order valence-corrected chi connectivity index (χ1v) is 41.0. The van der Waals surface area contributed by atoms with E-state index in [2.05, 4.69) is 214 Å². The lowest BCUT2D eigenvalue weighted by Gasteiger charge is -2.45. The van der Waals surface area contributed by atoms with Gasteiger partial charge in [0.25, 0.3) is 23.6 Å². The molecule has 11 rings (SSSR count). The second kappa shape index (κ2) is 40.2. The Kier molecular flexibility index (Phi) is 30.7. The lowest BCUT2D eigenvalue weighted by atomic mass is 9.74. The second-order valence-electron chi connectivity index (χ2n) is 29.6. The van der Waals surface area contributed by atoms with Crippen molar-refractivity contribution in [2.75, 3.05) is 111 Å². The van der Waals surface area contributed by atoms with Gasteiger partial charge in [-0.25, -0.2) is 0 Å². The molecule has 5 heterocycles. The summed E-state index contributed by atoms with van der Waals surface area (Å²) in [5.41, 5.74) is 23.6. The molecule has 1 fully saturated rings. The number of hydrogen-bond acceptors (Lipinski definition) is 17. The van der Waals surface area contributed by atoms with Crippen LogP contribution in [0.5, 0.6) is 23.0 Å². The van der Waals surface area contributed by atoms with E-state index in [1.54, 1.807) is 13.8 Å². The van der Waals surface area contributed by atoms with Gasteiger partial charge in [0.2, 0.25) is 17.7 Å². The lowest BCUT2D eigenvalue weighted by Crippen LogP contribution is -2.49. The van der Waals surface area contributed by atoms with Crippen LogP contribution in [0.2, 0.25) is 0 Å². The van der Waals surface area contributed by atoms with Gasteiger partial charge in [-0.2, -0.15) is 0 Å². The number of unbranched alkanes of at least 4 members (excludes halogenated alkanes) is 2. The molecule has 2 unspecified atom stereocenters. The highest BCUT2D eigenvalue weighted by atomic mass is 16.7. The molecule has 23 heteroatoms. The Hall–Kier alpha value is -11.2. The van der Waals surface area contributed by atoms with Gasteiger partial charge in [0.15, 0.2) is 5.76 Å². The molecular formula is C92H121N13O10. The predicted molar refractivity (Wildman–Crippen MR) is 460 cm³/mol. The molecule has 0 bridgehead atoms. The third kappa shape index (κ3) is 19.0. The van der Waals surface area contributed by atoms with Crippen molar-refractivity contribution < 1.29 is 47.9 Å². The number of carbonyl (C=O) groups excluding carboxylic acids is 7. The average Bonchev–Trinajstić information content (AvgIpc) is 1.57. The number of nitrogens with two attached hydrogens (primary N) is 2. The van der Waals surface area contributed by atoms with E-state index >= 15 is 0 Å². The SMILES string of the molecule is C=C(C)C(=C)NCCCCC(NC(=O)C(=C)C)C(=O)NCCCN1C(=O)c2ccccc2C12c1ccc(N(CC)CC)cc1Oc1cc(N(CC)CC)ccc12.C=C(C)C(=C)ON1C(=O)CCC1=O.CCN(CC)c1ccc2c(c1)Oc1cc(N(CC)CC)ccc1C21c2ccccc2C(=O)N1CCCNC(=O)C(N)CCCCN. The summed E-state index contributed by atoms with van der Waals surface area (Å²) in [7, 11) is 0. The van der Waals surface area contributed by atoms with Gasteiger partial charge >= 0.3 is 0 Å². The normalized spacial score (nSPS) is 14.5. The van der Waals surface area contributed by atoms with Crippen LogP contribution < -0.4 is 61.8 Å². The number of fused-ring (bicyclic) bond motifs is 12. The van der Waals surface area contributed by atoms with Gasteiger partial charge in [0.1, 0.15) is 40.1 Å². The number of carbonyl (C=O) groups is 7. The molecular weight excluding hydrogens is 1450 g/mol. The Morgan fingerprint density at radius 2 is 0.843 bits per heavy atom. The maximum Gasteiger partial charge on any atom is 0.263 e. The zero-order valence-electron chi connectivity index (χ0n) is 69.6. The third-order valence-electron chi connectivity index (χ3n) is 22.3. The van der Waals surface area contributed by atoms with Crippen LogP contribution in [-0.4, -0.2) is 160 Å². The molecule has 0 aromatic heterocycles. The van der Waals surface area contributed by atoms with E-state index in [1.807, 2.05) is 53.1 Å². The summed E-state index contributed by atoms with van der Waals surface area (Å²) in [5, 5.41) is 12.9. The summed E-state index contributed by atoms with van der Waals surface area (Å²) in [6.45, 7) is 50.8. The molecule has 115 heavy (non-hydrogen) atoms. The van der Waals surface area contributed by atoms with Crippen LogP contribution in [0.15, 0.2) is 182 Å². The molecule has 1 saturated heterocycles. The number of hydrogen-bond donors (Lipinski definition) is 6. The van der Waals surface area contributed by atoms with Crippen molar-refractivity contribution >= 4 is 64.1 Å². The molecule has 0 aliphatic carbocycles. The largest absolute Gasteiger partial charge is 0.456 e. The van der Waals surface area contributed by atoms with Crippen molar-refractivity contribution in [2.24, 2.45) is 11.5 Å². The summed E-state index contributed by atoms with van der Waals surface area (Å²) in [5.74, 6) is 1.64. The van der Waals surface area contributed by atoms with Crippen molar-refractivity contribution in [1.82, 2.24) is 36.1 Å². The number of anilines is 4. The fourth-order valence-electron chi connectivity index (χ4n) is 15.9. The zero-order chi connectivity index (χ0) is 83.4. The van der Waals surface area contributed by atoms with Gasteiger partial charge in [0, 0.05) is 190 Å². The Bertz CT molecular complexity index is 4430. The number of benzene rings is 6. The maximum absolute atomic E-state index is 14.6. The van der Waals surface area contributed by atoms with Gasteiger partial charge < -0.3 is 76.4 Å². The number of allylic oxidation sites excluding steroid dienone is 2. The Morgan fingerprint density at radius 3 is 1.21 bits per heavy atom. The van der Waals surface area contributed by atoms with Crippen LogP contribution >= 0.6 is 0 Å². The van der Waals surface area contributed by atoms with Gasteiger partial charge in [-0.1, -0.05) is 100.0 Å². The van der Waals surface area contributed by atoms with Crippen molar-refractivity contribution in [3.05, 3.63) is 227 Å². The topological polar surface area (TPSA) is 270 Å². The summed E-state index contributed by atoms with van der Waals surface area (Å²) < 4.78 is 13.6. The van der Waals surface area contributed by atoms with Crippen molar-refractivity contribution in [1.29, 1.82) is 0 Å². The fraction of sp³-hybridized carbons (Fsp3) is 0.424. The van der Waals surface area contributed by atoms with E-state index in [4.69, 9.17) is 25.8 Å². The molecule has 614 valence electrons. The molecule has 6 aromatic rings. The van der Waals surface area contributed by atoms with Crippen LogP contribution in [0.3, 0.4) is 0 Å². The zero-order valence-corrected chi connectivity index (χ0v) is 69.6. The van der Waals surface area contributed by atoms with Crippen LogP contribution in [0.25, 0.3) is 0 Å². The van der Waals surface area contributed by atoms with Crippen LogP contribution in [0.1, 0.15) is 194 Å². The molecule has 5 aliphatic heterocycles. The quantitative estimate of drug-likeness (QED) is 0.00691.